The molecule has 1 fully saturated rings. The van der Waals surface area contributed by atoms with Gasteiger partial charge in [0.2, 0.25) is 0 Å². The van der Waals surface area contributed by atoms with Crippen LogP contribution in [0, 0.1) is 0 Å². The van der Waals surface area contributed by atoms with E-state index in [1.54, 1.807) is 24.5 Å². The third-order valence-corrected chi connectivity index (χ3v) is 2.44. The van der Waals surface area contributed by atoms with Crippen molar-refractivity contribution in [3.63, 3.8) is 0 Å². The molecule has 0 saturated carbocycles. The summed E-state index contributed by atoms with van der Waals surface area (Å²) >= 11 is 0. The van der Waals surface area contributed by atoms with Crippen LogP contribution in [-0.2, 0) is 4.74 Å². The number of carbonyl (C=O) groups excluding carboxylic acids is 1. The SMILES string of the molecule is O=C(CC1CCCO1)c1ccncc1. The number of hydrogen-bond donors (Lipinski definition) is 0. The van der Waals surface area contributed by atoms with Gasteiger partial charge in [0.05, 0.1) is 6.10 Å². The molecule has 0 spiro atoms. The molecule has 1 saturated heterocycles. The van der Waals surface area contributed by atoms with Gasteiger partial charge in [-0.3, -0.25) is 9.78 Å². The first-order chi connectivity index (χ1) is 6.86. The quantitative estimate of drug-likeness (QED) is 0.684. The number of ketones is 1. The predicted molar refractivity (Wildman–Crippen MR) is 52.2 cm³/mol. The van der Waals surface area contributed by atoms with Gasteiger partial charge in [-0.1, -0.05) is 0 Å². The van der Waals surface area contributed by atoms with E-state index in [0.29, 0.717) is 6.42 Å². The Morgan fingerprint density at radius 1 is 1.50 bits per heavy atom. The van der Waals surface area contributed by atoms with Gasteiger partial charge >= 0.3 is 0 Å². The summed E-state index contributed by atoms with van der Waals surface area (Å²) in [4.78, 5) is 15.6. The van der Waals surface area contributed by atoms with Gasteiger partial charge < -0.3 is 4.74 Å². The molecule has 0 aliphatic carbocycles. The van der Waals surface area contributed by atoms with Gasteiger partial charge in [-0.15, -0.1) is 0 Å². The van der Waals surface area contributed by atoms with Crippen LogP contribution < -0.4 is 0 Å². The topological polar surface area (TPSA) is 39.2 Å². The van der Waals surface area contributed by atoms with E-state index < -0.39 is 0 Å². The van der Waals surface area contributed by atoms with Crippen molar-refractivity contribution in [2.75, 3.05) is 6.61 Å². The van der Waals surface area contributed by atoms with E-state index in [2.05, 4.69) is 4.98 Å². The van der Waals surface area contributed by atoms with Crippen LogP contribution in [-0.4, -0.2) is 23.5 Å². The Labute approximate surface area is 83.1 Å². The molecule has 1 aromatic rings. The smallest absolute Gasteiger partial charge is 0.165 e. The monoisotopic (exact) mass is 191 g/mol. The van der Waals surface area contributed by atoms with Crippen LogP contribution in [0.1, 0.15) is 29.6 Å². The fourth-order valence-corrected chi connectivity index (χ4v) is 1.67. The molecule has 1 atom stereocenters. The van der Waals surface area contributed by atoms with E-state index in [9.17, 15) is 4.79 Å². The zero-order valence-electron chi connectivity index (χ0n) is 7.98. The van der Waals surface area contributed by atoms with Gasteiger partial charge in [0.15, 0.2) is 5.78 Å². The number of aromatic nitrogens is 1. The van der Waals surface area contributed by atoms with Gasteiger partial charge in [0.25, 0.3) is 0 Å². The molecule has 0 amide bonds. The van der Waals surface area contributed by atoms with Gasteiger partial charge in [0.1, 0.15) is 0 Å². The second-order valence-corrected chi connectivity index (χ2v) is 3.50. The average Bonchev–Trinajstić information content (AvgIpc) is 2.72. The molecule has 14 heavy (non-hydrogen) atoms. The van der Waals surface area contributed by atoms with Crippen molar-refractivity contribution < 1.29 is 9.53 Å². The Morgan fingerprint density at radius 2 is 2.29 bits per heavy atom. The van der Waals surface area contributed by atoms with E-state index in [1.807, 2.05) is 0 Å². The van der Waals surface area contributed by atoms with Gasteiger partial charge in [-0.05, 0) is 25.0 Å². The summed E-state index contributed by atoms with van der Waals surface area (Å²) in [5, 5.41) is 0. The highest BCUT2D eigenvalue weighted by atomic mass is 16.5. The molecule has 3 nitrogen and oxygen atoms in total. The average molecular weight is 191 g/mol. The summed E-state index contributed by atoms with van der Waals surface area (Å²) in [6.45, 7) is 0.800. The zero-order valence-corrected chi connectivity index (χ0v) is 7.98. The molecule has 1 aromatic heterocycles. The number of pyridine rings is 1. The highest BCUT2D eigenvalue weighted by Gasteiger charge is 2.19. The molecule has 2 rings (SSSR count). The Kier molecular flexibility index (Phi) is 2.89. The standard InChI is InChI=1S/C11H13NO2/c13-11(8-10-2-1-7-14-10)9-3-5-12-6-4-9/h3-6,10H,1-2,7-8H2. The van der Waals surface area contributed by atoms with Crippen molar-refractivity contribution in [1.82, 2.24) is 4.98 Å². The summed E-state index contributed by atoms with van der Waals surface area (Å²) < 4.78 is 5.41. The summed E-state index contributed by atoms with van der Waals surface area (Å²) in [6, 6.07) is 3.49. The van der Waals surface area contributed by atoms with Crippen LogP contribution >= 0.6 is 0 Å². The van der Waals surface area contributed by atoms with Crippen LogP contribution in [0.25, 0.3) is 0 Å². The maximum absolute atomic E-state index is 11.7. The molecule has 0 bridgehead atoms. The van der Waals surface area contributed by atoms with Gasteiger partial charge in [0, 0.05) is 31.0 Å². The molecule has 1 aliphatic heterocycles. The van der Waals surface area contributed by atoms with Crippen molar-refractivity contribution in [2.24, 2.45) is 0 Å². The number of nitrogens with zero attached hydrogens (tertiary/aromatic N) is 1. The van der Waals surface area contributed by atoms with Crippen LogP contribution in [0.15, 0.2) is 24.5 Å². The maximum atomic E-state index is 11.7. The van der Waals surface area contributed by atoms with Crippen LogP contribution in [0.3, 0.4) is 0 Å². The third kappa shape index (κ3) is 2.17. The lowest BCUT2D eigenvalue weighted by molar-refractivity contribution is 0.0775. The molecule has 2 heterocycles. The van der Waals surface area contributed by atoms with Crippen LogP contribution in [0.2, 0.25) is 0 Å². The minimum atomic E-state index is 0.135. The first-order valence-corrected chi connectivity index (χ1v) is 4.91. The summed E-state index contributed by atoms with van der Waals surface area (Å²) in [6.07, 6.45) is 6.01. The minimum Gasteiger partial charge on any atom is -0.378 e. The van der Waals surface area contributed by atoms with Crippen molar-refractivity contribution >= 4 is 5.78 Å². The summed E-state index contributed by atoms with van der Waals surface area (Å²) in [5.41, 5.74) is 0.732. The van der Waals surface area contributed by atoms with E-state index in [0.717, 1.165) is 25.0 Å². The predicted octanol–water partition coefficient (Wildman–Crippen LogP) is 1.83. The molecule has 3 heteroatoms. The minimum absolute atomic E-state index is 0.135. The Balaban J connectivity index is 1.95. The summed E-state index contributed by atoms with van der Waals surface area (Å²) in [5.74, 6) is 0.152. The Bertz CT molecular complexity index is 304. The fraction of sp³-hybridized carbons (Fsp3) is 0.455. The first kappa shape index (κ1) is 9.34. The van der Waals surface area contributed by atoms with E-state index in [1.165, 1.54) is 0 Å². The largest absolute Gasteiger partial charge is 0.378 e. The second-order valence-electron chi connectivity index (χ2n) is 3.50. The molecule has 0 aromatic carbocycles. The molecular formula is C11H13NO2. The third-order valence-electron chi connectivity index (χ3n) is 2.44. The van der Waals surface area contributed by atoms with Crippen LogP contribution in [0.4, 0.5) is 0 Å². The molecule has 1 unspecified atom stereocenters. The molecule has 1 aliphatic rings. The molecule has 0 radical (unpaired) electrons. The Hall–Kier alpha value is -1.22. The highest BCUT2D eigenvalue weighted by Crippen LogP contribution is 2.17. The number of carbonyl (C=O) groups is 1. The molecular weight excluding hydrogens is 178 g/mol. The Morgan fingerprint density at radius 3 is 2.93 bits per heavy atom. The lowest BCUT2D eigenvalue weighted by Crippen LogP contribution is -2.12. The number of rotatable bonds is 3. The summed E-state index contributed by atoms with van der Waals surface area (Å²) in [7, 11) is 0. The molecule has 74 valence electrons. The first-order valence-electron chi connectivity index (χ1n) is 4.91. The van der Waals surface area contributed by atoms with Gasteiger partial charge in [-0.25, -0.2) is 0 Å². The molecule has 0 N–H and O–H groups in total. The van der Waals surface area contributed by atoms with Crippen molar-refractivity contribution in [3.8, 4) is 0 Å². The zero-order chi connectivity index (χ0) is 9.80. The lowest BCUT2D eigenvalue weighted by Gasteiger charge is -2.07. The van der Waals surface area contributed by atoms with E-state index >= 15 is 0 Å². The number of Topliss-reactive ketones (excluding diaryl/α,β-unsaturated/α-hetero) is 1. The maximum Gasteiger partial charge on any atom is 0.165 e. The van der Waals surface area contributed by atoms with Gasteiger partial charge in [-0.2, -0.15) is 0 Å². The van der Waals surface area contributed by atoms with Crippen molar-refractivity contribution in [1.29, 1.82) is 0 Å². The lowest BCUT2D eigenvalue weighted by atomic mass is 10.1. The van der Waals surface area contributed by atoms with E-state index in [4.69, 9.17) is 4.74 Å². The van der Waals surface area contributed by atoms with E-state index in [-0.39, 0.29) is 11.9 Å². The highest BCUT2D eigenvalue weighted by molar-refractivity contribution is 5.96. The van der Waals surface area contributed by atoms with Crippen LogP contribution in [0.5, 0.6) is 0 Å². The van der Waals surface area contributed by atoms with Crippen molar-refractivity contribution in [2.45, 2.75) is 25.4 Å². The normalized spacial score (nSPS) is 21.0. The number of hydrogen-bond acceptors (Lipinski definition) is 3. The van der Waals surface area contributed by atoms with Crippen molar-refractivity contribution in [3.05, 3.63) is 30.1 Å². The fourth-order valence-electron chi connectivity index (χ4n) is 1.67. The number of ether oxygens (including phenoxy) is 1. The second kappa shape index (κ2) is 4.33.